The highest BCUT2D eigenvalue weighted by molar-refractivity contribution is 6.15. The molecule has 6 heteroatoms. The molecule has 1 fully saturated rings. The minimum Gasteiger partial charge on any atom is -0.503 e. The summed E-state index contributed by atoms with van der Waals surface area (Å²) in [5.41, 5.74) is 2.00. The van der Waals surface area contributed by atoms with Crippen LogP contribution < -0.4 is 0 Å². The Morgan fingerprint density at radius 1 is 1.20 bits per heavy atom. The molecule has 0 spiro atoms. The number of carbonyl (C=O) groups excluding carboxylic acids is 2. The second-order valence-corrected chi connectivity index (χ2v) is 8.32. The third kappa shape index (κ3) is 3.67. The first-order valence-electron chi connectivity index (χ1n) is 10.4. The Hall–Kier alpha value is -2.86. The number of nitrogens with zero attached hydrogens (tertiary/aromatic N) is 1. The minimum atomic E-state index is -0.680. The summed E-state index contributed by atoms with van der Waals surface area (Å²) in [7, 11) is 0. The average Bonchev–Trinajstić information content (AvgIpc) is 3.45. The third-order valence-electron chi connectivity index (χ3n) is 5.86. The normalized spacial score (nSPS) is 21.9. The summed E-state index contributed by atoms with van der Waals surface area (Å²) >= 11 is 0. The Kier molecular flexibility index (Phi) is 5.52. The molecule has 0 aliphatic carbocycles. The molecule has 6 nitrogen and oxygen atoms in total. The molecular weight excluding hydrogens is 382 g/mol. The lowest BCUT2D eigenvalue weighted by atomic mass is 9.92. The van der Waals surface area contributed by atoms with Crippen molar-refractivity contribution in [1.29, 1.82) is 0 Å². The van der Waals surface area contributed by atoms with Crippen LogP contribution in [0.2, 0.25) is 0 Å². The predicted octanol–water partition coefficient (Wildman–Crippen LogP) is 4.47. The van der Waals surface area contributed by atoms with Gasteiger partial charge in [-0.2, -0.15) is 0 Å². The third-order valence-corrected chi connectivity index (χ3v) is 5.86. The van der Waals surface area contributed by atoms with Gasteiger partial charge < -0.3 is 19.2 Å². The zero-order valence-corrected chi connectivity index (χ0v) is 17.6. The van der Waals surface area contributed by atoms with E-state index >= 15 is 0 Å². The van der Waals surface area contributed by atoms with E-state index in [2.05, 4.69) is 13.8 Å². The van der Waals surface area contributed by atoms with E-state index in [0.29, 0.717) is 24.8 Å². The highest BCUT2D eigenvalue weighted by Crippen LogP contribution is 2.40. The lowest BCUT2D eigenvalue weighted by molar-refractivity contribution is -0.131. The highest BCUT2D eigenvalue weighted by atomic mass is 16.5. The van der Waals surface area contributed by atoms with Crippen LogP contribution >= 0.6 is 0 Å². The van der Waals surface area contributed by atoms with Gasteiger partial charge in [0.1, 0.15) is 5.76 Å². The van der Waals surface area contributed by atoms with Crippen molar-refractivity contribution in [3.8, 4) is 0 Å². The SMILES string of the molecule is Cc1ccc(C(=O)C2=C(O)C(=O)N(CC3CCCO3)C2c2ccc(C(C)C)cc2)o1. The van der Waals surface area contributed by atoms with E-state index in [4.69, 9.17) is 9.15 Å². The molecule has 1 amide bonds. The summed E-state index contributed by atoms with van der Waals surface area (Å²) in [6.07, 6.45) is 1.70. The molecule has 2 aliphatic rings. The molecule has 3 heterocycles. The van der Waals surface area contributed by atoms with Crippen molar-refractivity contribution in [2.45, 2.75) is 51.7 Å². The van der Waals surface area contributed by atoms with Crippen molar-refractivity contribution >= 4 is 11.7 Å². The van der Waals surface area contributed by atoms with Gasteiger partial charge in [-0.25, -0.2) is 0 Å². The zero-order valence-electron chi connectivity index (χ0n) is 17.6. The van der Waals surface area contributed by atoms with Crippen molar-refractivity contribution in [2.75, 3.05) is 13.2 Å². The lowest BCUT2D eigenvalue weighted by Gasteiger charge is -2.29. The maximum atomic E-state index is 13.2. The molecule has 0 bridgehead atoms. The molecule has 1 aromatic carbocycles. The number of amides is 1. The molecule has 4 rings (SSSR count). The van der Waals surface area contributed by atoms with Gasteiger partial charge in [-0.3, -0.25) is 9.59 Å². The van der Waals surface area contributed by atoms with Crippen LogP contribution in [-0.2, 0) is 9.53 Å². The monoisotopic (exact) mass is 409 g/mol. The van der Waals surface area contributed by atoms with E-state index in [1.54, 1.807) is 24.0 Å². The average molecular weight is 409 g/mol. The van der Waals surface area contributed by atoms with Crippen LogP contribution in [0, 0.1) is 6.92 Å². The van der Waals surface area contributed by atoms with Crippen molar-refractivity contribution in [2.24, 2.45) is 0 Å². The van der Waals surface area contributed by atoms with Crippen molar-refractivity contribution in [3.63, 3.8) is 0 Å². The summed E-state index contributed by atoms with van der Waals surface area (Å²) in [6.45, 7) is 6.96. The molecular formula is C24H27NO5. The largest absolute Gasteiger partial charge is 0.503 e. The van der Waals surface area contributed by atoms with Crippen LogP contribution in [0.3, 0.4) is 0 Å². The number of aliphatic hydroxyl groups excluding tert-OH is 1. The van der Waals surface area contributed by atoms with Crippen LogP contribution in [0.1, 0.15) is 66.1 Å². The van der Waals surface area contributed by atoms with Gasteiger partial charge in [0.2, 0.25) is 5.78 Å². The number of carbonyl (C=O) groups is 2. The topological polar surface area (TPSA) is 80.0 Å². The van der Waals surface area contributed by atoms with Gasteiger partial charge >= 0.3 is 0 Å². The summed E-state index contributed by atoms with van der Waals surface area (Å²) in [4.78, 5) is 27.8. The van der Waals surface area contributed by atoms with Crippen LogP contribution in [0.25, 0.3) is 0 Å². The standard InChI is InChI=1S/C24H27NO5/c1-14(2)16-7-9-17(10-8-16)21-20(22(26)19-11-6-15(3)30-19)23(27)24(28)25(21)13-18-5-4-12-29-18/h6-11,14,18,21,27H,4-5,12-13H2,1-3H3. The fourth-order valence-corrected chi connectivity index (χ4v) is 4.18. The quantitative estimate of drug-likeness (QED) is 0.712. The first-order chi connectivity index (χ1) is 14.4. The Balaban J connectivity index is 1.74. The summed E-state index contributed by atoms with van der Waals surface area (Å²) < 4.78 is 11.2. The van der Waals surface area contributed by atoms with Crippen molar-refractivity contribution in [1.82, 2.24) is 4.90 Å². The van der Waals surface area contributed by atoms with Gasteiger partial charge in [0.05, 0.1) is 17.7 Å². The van der Waals surface area contributed by atoms with Gasteiger partial charge in [-0.15, -0.1) is 0 Å². The van der Waals surface area contributed by atoms with E-state index in [-0.39, 0.29) is 17.4 Å². The number of ether oxygens (including phenoxy) is 1. The fourth-order valence-electron chi connectivity index (χ4n) is 4.18. The highest BCUT2D eigenvalue weighted by Gasteiger charge is 2.45. The summed E-state index contributed by atoms with van der Waals surface area (Å²) in [5.74, 6) is -0.452. The Morgan fingerprint density at radius 3 is 2.50 bits per heavy atom. The Morgan fingerprint density at radius 2 is 1.93 bits per heavy atom. The number of Topliss-reactive ketones (excluding diaryl/α,β-unsaturated/α-hetero) is 1. The molecule has 2 aliphatic heterocycles. The van der Waals surface area contributed by atoms with Gasteiger partial charge in [-0.1, -0.05) is 38.1 Å². The number of benzene rings is 1. The molecule has 1 aromatic heterocycles. The number of hydrogen-bond donors (Lipinski definition) is 1. The van der Waals surface area contributed by atoms with Crippen LogP contribution in [0.4, 0.5) is 0 Å². The van der Waals surface area contributed by atoms with Crippen molar-refractivity contribution < 1.29 is 23.8 Å². The van der Waals surface area contributed by atoms with E-state index in [1.165, 1.54) is 0 Å². The van der Waals surface area contributed by atoms with E-state index < -0.39 is 23.5 Å². The molecule has 158 valence electrons. The van der Waals surface area contributed by atoms with Crippen LogP contribution in [0.15, 0.2) is 52.1 Å². The predicted molar refractivity (Wildman–Crippen MR) is 111 cm³/mol. The molecule has 0 radical (unpaired) electrons. The molecule has 1 saturated heterocycles. The summed E-state index contributed by atoms with van der Waals surface area (Å²) in [5, 5.41) is 10.7. The minimum absolute atomic E-state index is 0.0599. The Labute approximate surface area is 176 Å². The van der Waals surface area contributed by atoms with E-state index in [0.717, 1.165) is 24.0 Å². The van der Waals surface area contributed by atoms with E-state index in [1.807, 2.05) is 24.3 Å². The van der Waals surface area contributed by atoms with E-state index in [9.17, 15) is 14.7 Å². The van der Waals surface area contributed by atoms with Gasteiger partial charge in [0, 0.05) is 13.2 Å². The van der Waals surface area contributed by atoms with Crippen LogP contribution in [-0.4, -0.2) is 41.0 Å². The molecule has 30 heavy (non-hydrogen) atoms. The fraction of sp³-hybridized carbons (Fsp3) is 0.417. The van der Waals surface area contributed by atoms with Gasteiger partial charge in [0.15, 0.2) is 11.5 Å². The second-order valence-electron chi connectivity index (χ2n) is 8.32. The molecule has 2 aromatic rings. The molecule has 0 saturated carbocycles. The number of aryl methyl sites for hydroxylation is 1. The number of hydrogen-bond acceptors (Lipinski definition) is 5. The lowest BCUT2D eigenvalue weighted by Crippen LogP contribution is -2.37. The van der Waals surface area contributed by atoms with Gasteiger partial charge in [-0.05, 0) is 48.9 Å². The molecule has 1 N–H and O–H groups in total. The molecule has 2 atom stereocenters. The zero-order chi connectivity index (χ0) is 21.4. The smallest absolute Gasteiger partial charge is 0.290 e. The maximum absolute atomic E-state index is 13.2. The summed E-state index contributed by atoms with van der Waals surface area (Å²) in [6, 6.07) is 10.4. The Bertz CT molecular complexity index is 979. The number of furan rings is 1. The number of aliphatic hydroxyl groups is 1. The van der Waals surface area contributed by atoms with Crippen LogP contribution in [0.5, 0.6) is 0 Å². The second kappa shape index (κ2) is 8.11. The number of rotatable bonds is 6. The molecule has 2 unspecified atom stereocenters. The number of ketones is 1. The first kappa shape index (κ1) is 20.4. The van der Waals surface area contributed by atoms with Gasteiger partial charge in [0.25, 0.3) is 5.91 Å². The van der Waals surface area contributed by atoms with Crippen molar-refractivity contribution in [3.05, 3.63) is 70.4 Å². The first-order valence-corrected chi connectivity index (χ1v) is 10.4. The maximum Gasteiger partial charge on any atom is 0.290 e.